The van der Waals surface area contributed by atoms with Crippen molar-refractivity contribution in [1.82, 2.24) is 5.01 Å². The third-order valence-electron chi connectivity index (χ3n) is 5.80. The first-order valence-corrected chi connectivity index (χ1v) is 10.0. The van der Waals surface area contributed by atoms with E-state index in [-0.39, 0.29) is 29.3 Å². The van der Waals surface area contributed by atoms with Gasteiger partial charge in [0.25, 0.3) is 0 Å². The minimum absolute atomic E-state index is 0.00602. The van der Waals surface area contributed by atoms with Gasteiger partial charge in [-0.3, -0.25) is 9.69 Å². The lowest BCUT2D eigenvalue weighted by atomic mass is 9.78. The minimum atomic E-state index is -4.63. The Kier molecular flexibility index (Phi) is 5.68. The van der Waals surface area contributed by atoms with Gasteiger partial charge in [0.2, 0.25) is 0 Å². The smallest absolute Gasteiger partial charge is 0.416 e. The number of carbonyl (C=O) groups excluding carboxylic acids is 2. The van der Waals surface area contributed by atoms with Gasteiger partial charge in [-0.2, -0.15) is 31.4 Å². The van der Waals surface area contributed by atoms with E-state index in [0.717, 1.165) is 59.5 Å². The number of hydrazone groups is 1. The molecule has 2 aliphatic rings. The molecule has 2 aromatic rings. The van der Waals surface area contributed by atoms with Crippen molar-refractivity contribution in [2.75, 3.05) is 32.2 Å². The van der Waals surface area contributed by atoms with Crippen LogP contribution >= 0.6 is 0 Å². The number of halogens is 6. The van der Waals surface area contributed by atoms with Gasteiger partial charge in [-0.1, -0.05) is 0 Å². The summed E-state index contributed by atoms with van der Waals surface area (Å²) in [6.45, 7) is -0.778. The summed E-state index contributed by atoms with van der Waals surface area (Å²) < 4.78 is 88.2. The van der Waals surface area contributed by atoms with Crippen molar-refractivity contribution in [3.05, 3.63) is 59.2 Å². The van der Waals surface area contributed by atoms with E-state index in [1.165, 1.54) is 7.05 Å². The monoisotopic (exact) mass is 501 g/mol. The lowest BCUT2D eigenvalue weighted by Gasteiger charge is -2.33. The van der Waals surface area contributed by atoms with E-state index < -0.39 is 47.5 Å². The van der Waals surface area contributed by atoms with Crippen LogP contribution in [0.15, 0.2) is 47.6 Å². The van der Waals surface area contributed by atoms with Crippen LogP contribution in [0, 0.1) is 5.41 Å². The van der Waals surface area contributed by atoms with Gasteiger partial charge in [0, 0.05) is 18.3 Å². The highest BCUT2D eigenvalue weighted by atomic mass is 19.4. The van der Waals surface area contributed by atoms with Crippen LogP contribution in [0.5, 0.6) is 5.75 Å². The molecule has 0 aromatic heterocycles. The molecule has 4 rings (SSSR count). The maximum absolute atomic E-state index is 13.1. The summed E-state index contributed by atoms with van der Waals surface area (Å²) in [5.41, 5.74) is -3.26. The van der Waals surface area contributed by atoms with Gasteiger partial charge in [0.15, 0.2) is 5.41 Å². The van der Waals surface area contributed by atoms with Gasteiger partial charge in [-0.15, -0.1) is 0 Å². The second kappa shape index (κ2) is 8.17. The number of fused-ring (bicyclic) bond motifs is 3. The number of ether oxygens (including phenoxy) is 2. The maximum Gasteiger partial charge on any atom is 0.416 e. The summed E-state index contributed by atoms with van der Waals surface area (Å²) in [5.74, 6) is -0.974. The average Bonchev–Trinajstić information content (AvgIpc) is 3.22. The summed E-state index contributed by atoms with van der Waals surface area (Å²) in [7, 11) is 2.41. The molecule has 0 aliphatic carbocycles. The molecular weight excluding hydrogens is 484 g/mol. The van der Waals surface area contributed by atoms with E-state index in [9.17, 15) is 35.9 Å². The zero-order valence-corrected chi connectivity index (χ0v) is 18.2. The van der Waals surface area contributed by atoms with E-state index in [1.807, 2.05) is 0 Å². The number of anilines is 1. The fourth-order valence-electron chi connectivity index (χ4n) is 3.91. The normalized spacial score (nSPS) is 19.3. The fraction of sp³-hybridized carbons (Fsp3) is 0.318. The molecule has 0 radical (unpaired) electrons. The topological polar surface area (TPSA) is 71.4 Å². The van der Waals surface area contributed by atoms with Gasteiger partial charge < -0.3 is 9.47 Å². The van der Waals surface area contributed by atoms with Crippen molar-refractivity contribution in [2.24, 2.45) is 10.5 Å². The number of hydrogen-bond acceptors (Lipinski definition) is 5. The maximum atomic E-state index is 13.1. The number of hydrogen-bond donors (Lipinski definition) is 0. The second-order valence-electron chi connectivity index (χ2n) is 7.96. The van der Waals surface area contributed by atoms with Crippen LogP contribution in [0.2, 0.25) is 0 Å². The van der Waals surface area contributed by atoms with Crippen LogP contribution in [-0.2, 0) is 21.9 Å². The first-order valence-electron chi connectivity index (χ1n) is 10.0. The summed E-state index contributed by atoms with van der Waals surface area (Å²) in [6.07, 6.45) is -9.18. The Labute approximate surface area is 194 Å². The largest absolute Gasteiger partial charge is 0.491 e. The number of alkyl halides is 6. The van der Waals surface area contributed by atoms with E-state index in [2.05, 4.69) is 5.10 Å². The van der Waals surface area contributed by atoms with Crippen LogP contribution in [-0.4, -0.2) is 50.0 Å². The number of esters is 1. The Balaban J connectivity index is 1.68. The minimum Gasteiger partial charge on any atom is -0.491 e. The molecule has 0 bridgehead atoms. The van der Waals surface area contributed by atoms with Crippen LogP contribution in [0.4, 0.5) is 36.8 Å². The third kappa shape index (κ3) is 4.15. The van der Waals surface area contributed by atoms with Crippen molar-refractivity contribution < 1.29 is 45.4 Å². The Hall–Kier alpha value is -3.77. The standard InChI is InChI=1S/C22H17F6N3O4/c1-30(14-6-3-12(4-7-14)21(23,24)25)19(33)31-10-20(18(32)34-2)11-35-16-9-13(22(26,27)28)5-8-15(16)17(20)29-31/h3-9H,10-11H2,1-2H3. The predicted molar refractivity (Wildman–Crippen MR) is 110 cm³/mol. The Morgan fingerprint density at radius 3 is 2.20 bits per heavy atom. The zero-order valence-electron chi connectivity index (χ0n) is 18.2. The number of urea groups is 1. The van der Waals surface area contributed by atoms with Crippen molar-refractivity contribution in [2.45, 2.75) is 12.4 Å². The molecule has 35 heavy (non-hydrogen) atoms. The SMILES string of the molecule is COC(=O)C12COc3cc(C(F)(F)F)ccc3C1=NN(C(=O)N(C)c1ccc(C(F)(F)F)cc1)C2. The molecule has 2 aromatic carbocycles. The molecular formula is C22H17F6N3O4. The van der Waals surface area contributed by atoms with E-state index in [0.29, 0.717) is 0 Å². The quantitative estimate of drug-likeness (QED) is 0.447. The molecule has 186 valence electrons. The molecule has 1 atom stereocenters. The molecule has 0 saturated heterocycles. The highest BCUT2D eigenvalue weighted by molar-refractivity contribution is 6.19. The average molecular weight is 501 g/mol. The molecule has 1 unspecified atom stereocenters. The number of nitrogens with zero attached hydrogens (tertiary/aromatic N) is 3. The zero-order chi connectivity index (χ0) is 25.8. The number of amides is 2. The molecule has 2 aliphatic heterocycles. The number of rotatable bonds is 2. The van der Waals surface area contributed by atoms with Crippen LogP contribution in [0.1, 0.15) is 16.7 Å². The molecule has 0 fully saturated rings. The molecule has 2 amide bonds. The molecule has 7 nitrogen and oxygen atoms in total. The highest BCUT2D eigenvalue weighted by Gasteiger charge is 2.56. The Bertz CT molecular complexity index is 1210. The van der Waals surface area contributed by atoms with E-state index >= 15 is 0 Å². The van der Waals surface area contributed by atoms with Crippen molar-refractivity contribution >= 4 is 23.4 Å². The number of benzene rings is 2. The van der Waals surface area contributed by atoms with E-state index in [1.54, 1.807) is 0 Å². The van der Waals surface area contributed by atoms with Gasteiger partial charge in [-0.25, -0.2) is 9.80 Å². The van der Waals surface area contributed by atoms with Crippen molar-refractivity contribution in [3.8, 4) is 5.75 Å². The summed E-state index contributed by atoms with van der Waals surface area (Å²) in [4.78, 5) is 26.9. The summed E-state index contributed by atoms with van der Waals surface area (Å²) in [5, 5.41) is 5.11. The van der Waals surface area contributed by atoms with Crippen LogP contribution < -0.4 is 9.64 Å². The Morgan fingerprint density at radius 2 is 1.63 bits per heavy atom. The molecule has 0 N–H and O–H groups in total. The van der Waals surface area contributed by atoms with Gasteiger partial charge >= 0.3 is 24.4 Å². The van der Waals surface area contributed by atoms with Gasteiger partial charge in [0.05, 0.1) is 30.5 Å². The van der Waals surface area contributed by atoms with Gasteiger partial charge in [-0.05, 0) is 42.5 Å². The lowest BCUT2D eigenvalue weighted by Crippen LogP contribution is -2.51. The van der Waals surface area contributed by atoms with Crippen LogP contribution in [0.3, 0.4) is 0 Å². The molecule has 13 heteroatoms. The molecule has 2 heterocycles. The van der Waals surface area contributed by atoms with Crippen molar-refractivity contribution in [3.63, 3.8) is 0 Å². The summed E-state index contributed by atoms with van der Waals surface area (Å²) >= 11 is 0. The lowest BCUT2D eigenvalue weighted by molar-refractivity contribution is -0.150. The first-order chi connectivity index (χ1) is 16.3. The number of methoxy groups -OCH3 is 1. The second-order valence-corrected chi connectivity index (χ2v) is 7.96. The molecule has 0 saturated carbocycles. The third-order valence-corrected chi connectivity index (χ3v) is 5.80. The fourth-order valence-corrected chi connectivity index (χ4v) is 3.91. The number of carbonyl (C=O) groups is 2. The predicted octanol–water partition coefficient (Wildman–Crippen LogP) is 4.55. The first kappa shape index (κ1) is 24.4. The van der Waals surface area contributed by atoms with Gasteiger partial charge in [0.1, 0.15) is 12.4 Å². The molecule has 0 spiro atoms. The van der Waals surface area contributed by atoms with E-state index in [4.69, 9.17) is 9.47 Å². The Morgan fingerprint density at radius 1 is 1.03 bits per heavy atom. The summed E-state index contributed by atoms with van der Waals surface area (Å²) in [6, 6.07) is 5.72. The van der Waals surface area contributed by atoms with Crippen LogP contribution in [0.25, 0.3) is 0 Å². The highest BCUT2D eigenvalue weighted by Crippen LogP contribution is 2.43. The van der Waals surface area contributed by atoms with Crippen molar-refractivity contribution in [1.29, 1.82) is 0 Å².